The highest BCUT2D eigenvalue weighted by atomic mass is 19.4. The summed E-state index contributed by atoms with van der Waals surface area (Å²) in [5.74, 6) is 0.750. The molecule has 0 spiro atoms. The van der Waals surface area contributed by atoms with Crippen LogP contribution in [0.15, 0.2) is 29.3 Å². The summed E-state index contributed by atoms with van der Waals surface area (Å²) in [6, 6.07) is 6.16. The Labute approximate surface area is 171 Å². The van der Waals surface area contributed by atoms with Gasteiger partial charge in [-0.1, -0.05) is 12.1 Å². The highest BCUT2D eigenvalue weighted by Crippen LogP contribution is 2.22. The molecule has 1 aliphatic rings. The maximum absolute atomic E-state index is 12.5. The van der Waals surface area contributed by atoms with Crippen molar-refractivity contribution in [1.82, 2.24) is 15.5 Å². The maximum Gasteiger partial charge on any atom is 0.422 e. The van der Waals surface area contributed by atoms with Crippen LogP contribution in [0.1, 0.15) is 18.9 Å². The number of halogens is 6. The average Bonchev–Trinajstić information content (AvgIpc) is 3.08. The summed E-state index contributed by atoms with van der Waals surface area (Å²) < 4.78 is 78.6. The SMILES string of the molecule is CCNC(=NCc1ccc(OCC(F)(F)F)cc1)NCC1CCN(CC(F)(F)F)C1. The van der Waals surface area contributed by atoms with Gasteiger partial charge in [-0.3, -0.25) is 4.90 Å². The van der Waals surface area contributed by atoms with Crippen molar-refractivity contribution in [3.8, 4) is 5.75 Å². The van der Waals surface area contributed by atoms with Gasteiger partial charge in [-0.15, -0.1) is 0 Å². The summed E-state index contributed by atoms with van der Waals surface area (Å²) in [7, 11) is 0. The van der Waals surface area contributed by atoms with Crippen LogP contribution in [0.2, 0.25) is 0 Å². The van der Waals surface area contributed by atoms with Gasteiger partial charge in [0.15, 0.2) is 12.6 Å². The number of hydrogen-bond acceptors (Lipinski definition) is 3. The maximum atomic E-state index is 12.5. The van der Waals surface area contributed by atoms with Gasteiger partial charge in [0.1, 0.15) is 5.75 Å². The molecule has 1 fully saturated rings. The molecule has 0 bridgehead atoms. The van der Waals surface area contributed by atoms with E-state index in [1.54, 1.807) is 12.1 Å². The quantitative estimate of drug-likeness (QED) is 0.369. The van der Waals surface area contributed by atoms with Crippen molar-refractivity contribution in [3.63, 3.8) is 0 Å². The molecule has 1 aromatic rings. The van der Waals surface area contributed by atoms with E-state index in [2.05, 4.69) is 20.4 Å². The molecule has 1 unspecified atom stereocenters. The van der Waals surface area contributed by atoms with Crippen LogP contribution in [0.4, 0.5) is 26.3 Å². The fraction of sp³-hybridized carbons (Fsp3) is 0.632. The van der Waals surface area contributed by atoms with Gasteiger partial charge in [0.2, 0.25) is 0 Å². The van der Waals surface area contributed by atoms with E-state index in [0.717, 1.165) is 5.56 Å². The summed E-state index contributed by atoms with van der Waals surface area (Å²) in [4.78, 5) is 5.82. The second-order valence-electron chi connectivity index (χ2n) is 7.13. The number of likely N-dealkylation sites (tertiary alicyclic amines) is 1. The van der Waals surface area contributed by atoms with Crippen LogP contribution in [-0.2, 0) is 6.54 Å². The number of guanidine groups is 1. The van der Waals surface area contributed by atoms with Crippen molar-refractivity contribution < 1.29 is 31.1 Å². The molecule has 2 rings (SSSR count). The van der Waals surface area contributed by atoms with Crippen molar-refractivity contribution in [2.75, 3.05) is 39.3 Å². The number of rotatable bonds is 8. The topological polar surface area (TPSA) is 48.9 Å². The lowest BCUT2D eigenvalue weighted by atomic mass is 10.1. The average molecular weight is 440 g/mol. The van der Waals surface area contributed by atoms with Gasteiger partial charge < -0.3 is 15.4 Å². The van der Waals surface area contributed by atoms with Crippen molar-refractivity contribution in [1.29, 1.82) is 0 Å². The molecule has 5 nitrogen and oxygen atoms in total. The van der Waals surface area contributed by atoms with E-state index in [0.29, 0.717) is 45.1 Å². The Morgan fingerprint density at radius 3 is 2.40 bits per heavy atom. The third-order valence-electron chi connectivity index (χ3n) is 4.42. The number of nitrogens with zero attached hydrogens (tertiary/aromatic N) is 2. The highest BCUT2D eigenvalue weighted by molar-refractivity contribution is 5.79. The molecular formula is C19H26F6N4O. The minimum absolute atomic E-state index is 0.0984. The van der Waals surface area contributed by atoms with Crippen molar-refractivity contribution >= 4 is 5.96 Å². The van der Waals surface area contributed by atoms with Crippen LogP contribution in [0.25, 0.3) is 0 Å². The van der Waals surface area contributed by atoms with Gasteiger partial charge >= 0.3 is 12.4 Å². The number of aliphatic imine (C=N–C) groups is 1. The summed E-state index contributed by atoms with van der Waals surface area (Å²) >= 11 is 0. The van der Waals surface area contributed by atoms with Crippen LogP contribution < -0.4 is 15.4 Å². The molecule has 0 aliphatic carbocycles. The minimum Gasteiger partial charge on any atom is -0.484 e. The van der Waals surface area contributed by atoms with Crippen LogP contribution in [0, 0.1) is 5.92 Å². The first-order chi connectivity index (χ1) is 14.0. The molecule has 30 heavy (non-hydrogen) atoms. The Morgan fingerprint density at radius 1 is 1.10 bits per heavy atom. The summed E-state index contributed by atoms with van der Waals surface area (Å²) in [5, 5.41) is 6.22. The fourth-order valence-electron chi connectivity index (χ4n) is 3.09. The Hall–Kier alpha value is -2.17. The molecule has 0 saturated carbocycles. The number of ether oxygens (including phenoxy) is 1. The Morgan fingerprint density at radius 2 is 1.80 bits per heavy atom. The zero-order chi connectivity index (χ0) is 22.2. The lowest BCUT2D eigenvalue weighted by Crippen LogP contribution is -2.40. The van der Waals surface area contributed by atoms with Crippen LogP contribution in [0.5, 0.6) is 5.75 Å². The molecule has 170 valence electrons. The summed E-state index contributed by atoms with van der Waals surface area (Å²) in [6.45, 7) is 1.87. The molecule has 1 aromatic carbocycles. The molecule has 1 aliphatic heterocycles. The van der Waals surface area contributed by atoms with E-state index in [4.69, 9.17) is 0 Å². The van der Waals surface area contributed by atoms with E-state index < -0.39 is 25.5 Å². The number of hydrogen-bond donors (Lipinski definition) is 2. The number of benzene rings is 1. The van der Waals surface area contributed by atoms with E-state index in [1.165, 1.54) is 17.0 Å². The van der Waals surface area contributed by atoms with Gasteiger partial charge in [0, 0.05) is 19.6 Å². The Bertz CT molecular complexity index is 675. The van der Waals surface area contributed by atoms with Gasteiger partial charge in [0.05, 0.1) is 13.1 Å². The van der Waals surface area contributed by atoms with Gasteiger partial charge in [-0.05, 0) is 43.5 Å². The fourth-order valence-corrected chi connectivity index (χ4v) is 3.09. The lowest BCUT2D eigenvalue weighted by Gasteiger charge is -2.18. The molecule has 2 N–H and O–H groups in total. The molecule has 0 aromatic heterocycles. The van der Waals surface area contributed by atoms with Crippen molar-refractivity contribution in [2.45, 2.75) is 32.2 Å². The highest BCUT2D eigenvalue weighted by Gasteiger charge is 2.34. The smallest absolute Gasteiger partial charge is 0.422 e. The van der Waals surface area contributed by atoms with E-state index in [-0.39, 0.29) is 11.7 Å². The van der Waals surface area contributed by atoms with Crippen molar-refractivity contribution in [2.24, 2.45) is 10.9 Å². The van der Waals surface area contributed by atoms with Crippen LogP contribution in [0.3, 0.4) is 0 Å². The Kier molecular flexibility index (Phi) is 8.63. The van der Waals surface area contributed by atoms with Crippen molar-refractivity contribution in [3.05, 3.63) is 29.8 Å². The largest absolute Gasteiger partial charge is 0.484 e. The predicted molar refractivity (Wildman–Crippen MR) is 101 cm³/mol. The lowest BCUT2D eigenvalue weighted by molar-refractivity contribution is -0.153. The van der Waals surface area contributed by atoms with E-state index >= 15 is 0 Å². The number of nitrogens with one attached hydrogen (secondary N) is 2. The van der Waals surface area contributed by atoms with E-state index in [9.17, 15) is 26.3 Å². The molecular weight excluding hydrogens is 414 g/mol. The third kappa shape index (κ3) is 9.55. The molecule has 11 heteroatoms. The zero-order valence-electron chi connectivity index (χ0n) is 16.6. The second-order valence-corrected chi connectivity index (χ2v) is 7.13. The molecule has 1 saturated heterocycles. The van der Waals surface area contributed by atoms with Gasteiger partial charge in [0.25, 0.3) is 0 Å². The number of alkyl halides is 6. The normalized spacial score (nSPS) is 18.5. The molecule has 0 radical (unpaired) electrons. The van der Waals surface area contributed by atoms with Gasteiger partial charge in [-0.2, -0.15) is 26.3 Å². The first-order valence-corrected chi connectivity index (χ1v) is 9.64. The van der Waals surface area contributed by atoms with Gasteiger partial charge in [-0.25, -0.2) is 4.99 Å². The standard InChI is InChI=1S/C19H26F6N4O/c1-2-26-17(28-10-15-7-8-29(11-15)12-18(20,21)22)27-9-14-3-5-16(6-4-14)30-13-19(23,24)25/h3-6,15H,2,7-13H2,1H3,(H2,26,27,28). The van der Waals surface area contributed by atoms with E-state index in [1.807, 2.05) is 6.92 Å². The summed E-state index contributed by atoms with van der Waals surface area (Å²) in [5.41, 5.74) is 0.781. The first kappa shape index (κ1) is 24.1. The van der Waals surface area contributed by atoms with Crippen LogP contribution >= 0.6 is 0 Å². The second kappa shape index (κ2) is 10.7. The Balaban J connectivity index is 1.81. The molecule has 1 atom stereocenters. The van der Waals surface area contributed by atoms with Crippen LogP contribution in [-0.4, -0.2) is 62.5 Å². The monoisotopic (exact) mass is 440 g/mol. The third-order valence-corrected chi connectivity index (χ3v) is 4.42. The zero-order valence-corrected chi connectivity index (χ0v) is 16.6. The predicted octanol–water partition coefficient (Wildman–Crippen LogP) is 3.57. The molecule has 1 heterocycles. The minimum atomic E-state index is -4.39. The first-order valence-electron chi connectivity index (χ1n) is 9.64. The molecule has 0 amide bonds. The summed E-state index contributed by atoms with van der Waals surface area (Å²) in [6.07, 6.45) is -7.90.